The Morgan fingerprint density at radius 1 is 1.09 bits per heavy atom. The van der Waals surface area contributed by atoms with Crippen molar-refractivity contribution in [2.45, 2.75) is 24.3 Å². The number of rotatable bonds is 6. The van der Waals surface area contributed by atoms with E-state index in [-0.39, 0.29) is 22.7 Å². The van der Waals surface area contributed by atoms with Crippen molar-refractivity contribution in [2.75, 3.05) is 0 Å². The molecule has 0 aromatic heterocycles. The van der Waals surface area contributed by atoms with Crippen molar-refractivity contribution in [3.05, 3.63) is 101 Å². The first-order valence-corrected chi connectivity index (χ1v) is 11.3. The number of Topliss-reactive ketones (excluding diaryl/α,β-unsaturated/α-hetero) is 1. The normalized spacial score (nSPS) is 17.6. The number of carbonyl (C=O) groups excluding carboxylic acids is 2. The minimum absolute atomic E-state index is 0.0516. The second-order valence-corrected chi connectivity index (χ2v) is 9.35. The fourth-order valence-corrected chi connectivity index (χ4v) is 4.92. The molecule has 1 amide bonds. The fourth-order valence-electron chi connectivity index (χ4n) is 3.49. The molecule has 0 saturated carbocycles. The molecule has 2 aromatic rings. The molecule has 170 valence electrons. The average Bonchev–Trinajstić information content (AvgIpc) is 3.20. The van der Waals surface area contributed by atoms with E-state index in [2.05, 4.69) is 10.7 Å². The summed E-state index contributed by atoms with van der Waals surface area (Å²) in [6.45, 7) is 1.35. The van der Waals surface area contributed by atoms with E-state index in [4.69, 9.17) is 0 Å². The van der Waals surface area contributed by atoms with Crippen LogP contribution in [0.2, 0.25) is 0 Å². The van der Waals surface area contributed by atoms with E-state index in [1.165, 1.54) is 43.5 Å². The third kappa shape index (κ3) is 4.62. The molecule has 2 aromatic carbocycles. The van der Waals surface area contributed by atoms with E-state index >= 15 is 0 Å². The number of hydrazine groups is 1. The van der Waals surface area contributed by atoms with Gasteiger partial charge < -0.3 is 10.7 Å². The van der Waals surface area contributed by atoms with Crippen molar-refractivity contribution in [2.24, 2.45) is 0 Å². The fraction of sp³-hybridized carbons (Fsp3) is 0.130. The summed E-state index contributed by atoms with van der Waals surface area (Å²) in [5.41, 5.74) is 4.30. The maximum absolute atomic E-state index is 13.4. The molecule has 1 atom stereocenters. The SMILES string of the molecule is CC(=O)c1cccc(S(=O)(=O)N2NC=C3C=CC(NC(=O)Cc4ccc(F)c(F)c4)=CC32)c1. The number of carbonyl (C=O) groups is 2. The van der Waals surface area contributed by atoms with Gasteiger partial charge in [-0.2, -0.15) is 0 Å². The topological polar surface area (TPSA) is 95.6 Å². The molecule has 1 aliphatic carbocycles. The smallest absolute Gasteiger partial charge is 0.260 e. The van der Waals surface area contributed by atoms with Crippen LogP contribution in [0.4, 0.5) is 8.78 Å². The van der Waals surface area contributed by atoms with Gasteiger partial charge in [0.1, 0.15) is 0 Å². The molecule has 2 aliphatic rings. The van der Waals surface area contributed by atoms with Gasteiger partial charge in [-0.05, 0) is 54.5 Å². The molecule has 2 N–H and O–H groups in total. The Bertz CT molecular complexity index is 1350. The highest BCUT2D eigenvalue weighted by Gasteiger charge is 2.37. The molecule has 1 heterocycles. The number of halogens is 2. The van der Waals surface area contributed by atoms with Crippen molar-refractivity contribution in [1.82, 2.24) is 15.2 Å². The van der Waals surface area contributed by atoms with Crippen LogP contribution in [0.1, 0.15) is 22.8 Å². The highest BCUT2D eigenvalue weighted by Crippen LogP contribution is 2.29. The van der Waals surface area contributed by atoms with Gasteiger partial charge in [0.25, 0.3) is 10.0 Å². The van der Waals surface area contributed by atoms with Gasteiger partial charge in [0.05, 0.1) is 17.4 Å². The zero-order valence-electron chi connectivity index (χ0n) is 17.4. The van der Waals surface area contributed by atoms with Crippen molar-refractivity contribution in [3.63, 3.8) is 0 Å². The summed E-state index contributed by atoms with van der Waals surface area (Å²) in [4.78, 5) is 24.0. The Kier molecular flexibility index (Phi) is 5.96. The summed E-state index contributed by atoms with van der Waals surface area (Å²) < 4.78 is 53.9. The molecule has 1 aliphatic heterocycles. The maximum atomic E-state index is 13.4. The largest absolute Gasteiger partial charge is 0.326 e. The molecule has 0 spiro atoms. The third-order valence-electron chi connectivity index (χ3n) is 5.18. The van der Waals surface area contributed by atoms with Crippen LogP contribution in [0, 0.1) is 11.6 Å². The van der Waals surface area contributed by atoms with Gasteiger partial charge in [0, 0.05) is 17.5 Å². The minimum Gasteiger partial charge on any atom is -0.326 e. The standard InChI is InChI=1S/C23H19F2N3O4S/c1-14(29)16-3-2-4-19(11-16)33(31,32)28-22-12-18(7-6-17(22)13-26-28)27-23(30)10-15-5-8-20(24)21(25)9-15/h2-9,11-13,22,26H,10H2,1H3,(H,27,30). The van der Waals surface area contributed by atoms with Crippen molar-refractivity contribution < 1.29 is 26.8 Å². The van der Waals surface area contributed by atoms with Crippen LogP contribution < -0.4 is 10.7 Å². The number of ketones is 1. The first-order chi connectivity index (χ1) is 15.6. The van der Waals surface area contributed by atoms with E-state index in [9.17, 15) is 26.8 Å². The predicted molar refractivity (Wildman–Crippen MR) is 116 cm³/mol. The van der Waals surface area contributed by atoms with Crippen LogP contribution in [0.5, 0.6) is 0 Å². The highest BCUT2D eigenvalue weighted by atomic mass is 32.2. The molecule has 0 fully saturated rings. The molecule has 0 bridgehead atoms. The highest BCUT2D eigenvalue weighted by molar-refractivity contribution is 7.89. The van der Waals surface area contributed by atoms with Crippen molar-refractivity contribution >= 4 is 21.7 Å². The predicted octanol–water partition coefficient (Wildman–Crippen LogP) is 2.74. The lowest BCUT2D eigenvalue weighted by Gasteiger charge is -2.25. The number of nitrogens with zero attached hydrogens (tertiary/aromatic N) is 1. The van der Waals surface area contributed by atoms with E-state index in [1.807, 2.05) is 0 Å². The zero-order valence-corrected chi connectivity index (χ0v) is 18.2. The molecule has 0 saturated heterocycles. The number of amides is 1. The lowest BCUT2D eigenvalue weighted by atomic mass is 10.0. The molecule has 10 heteroatoms. The van der Waals surface area contributed by atoms with E-state index < -0.39 is 33.6 Å². The number of hydrogen-bond acceptors (Lipinski definition) is 5. The Labute approximate surface area is 189 Å². The van der Waals surface area contributed by atoms with E-state index in [0.29, 0.717) is 16.8 Å². The number of nitrogens with one attached hydrogen (secondary N) is 2. The van der Waals surface area contributed by atoms with Crippen LogP contribution in [0.25, 0.3) is 0 Å². The average molecular weight is 471 g/mol. The number of hydrogen-bond donors (Lipinski definition) is 2. The number of fused-ring (bicyclic) bond motifs is 1. The van der Waals surface area contributed by atoms with Gasteiger partial charge in [-0.3, -0.25) is 9.59 Å². The summed E-state index contributed by atoms with van der Waals surface area (Å²) in [6.07, 6.45) is 6.17. The van der Waals surface area contributed by atoms with Gasteiger partial charge in [-0.25, -0.2) is 17.2 Å². The summed E-state index contributed by atoms with van der Waals surface area (Å²) in [6, 6.07) is 8.21. The third-order valence-corrected chi connectivity index (χ3v) is 6.88. The summed E-state index contributed by atoms with van der Waals surface area (Å²) in [7, 11) is -4.02. The minimum atomic E-state index is -4.02. The van der Waals surface area contributed by atoms with Gasteiger partial charge >= 0.3 is 0 Å². The Morgan fingerprint density at radius 2 is 1.88 bits per heavy atom. The number of allylic oxidation sites excluding steroid dienone is 1. The van der Waals surface area contributed by atoms with Crippen LogP contribution in [0.3, 0.4) is 0 Å². The summed E-state index contributed by atoms with van der Waals surface area (Å²) in [5, 5.41) is 2.65. The second kappa shape index (κ2) is 8.72. The lowest BCUT2D eigenvalue weighted by Crippen LogP contribution is -2.43. The van der Waals surface area contributed by atoms with Crippen LogP contribution in [-0.2, 0) is 21.2 Å². The van der Waals surface area contributed by atoms with E-state index in [1.54, 1.807) is 18.2 Å². The molecule has 4 rings (SSSR count). The van der Waals surface area contributed by atoms with Crippen molar-refractivity contribution in [3.8, 4) is 0 Å². The van der Waals surface area contributed by atoms with Crippen LogP contribution in [0.15, 0.2) is 83.1 Å². The molecule has 0 radical (unpaired) electrons. The maximum Gasteiger partial charge on any atom is 0.260 e. The van der Waals surface area contributed by atoms with E-state index in [0.717, 1.165) is 16.5 Å². The molecule has 33 heavy (non-hydrogen) atoms. The van der Waals surface area contributed by atoms with Gasteiger partial charge in [0.2, 0.25) is 5.91 Å². The van der Waals surface area contributed by atoms with Crippen LogP contribution in [-0.4, -0.2) is 30.6 Å². The lowest BCUT2D eigenvalue weighted by molar-refractivity contribution is -0.119. The second-order valence-electron chi connectivity index (χ2n) is 7.53. The Balaban J connectivity index is 1.52. The number of benzene rings is 2. The zero-order chi connectivity index (χ0) is 23.8. The van der Waals surface area contributed by atoms with Crippen molar-refractivity contribution in [1.29, 1.82) is 0 Å². The van der Waals surface area contributed by atoms with Gasteiger partial charge in [-0.1, -0.05) is 24.3 Å². The monoisotopic (exact) mass is 471 g/mol. The first kappa shape index (κ1) is 22.6. The molecular weight excluding hydrogens is 452 g/mol. The summed E-state index contributed by atoms with van der Waals surface area (Å²) >= 11 is 0. The van der Waals surface area contributed by atoms with Gasteiger partial charge in [0.15, 0.2) is 17.4 Å². The number of sulfonamides is 1. The molecular formula is C23H19F2N3O4S. The molecule has 7 nitrogen and oxygen atoms in total. The first-order valence-electron chi connectivity index (χ1n) is 9.90. The Hall–Kier alpha value is -3.63. The quantitative estimate of drug-likeness (QED) is 0.632. The van der Waals surface area contributed by atoms with Gasteiger partial charge in [-0.15, -0.1) is 4.41 Å². The summed E-state index contributed by atoms with van der Waals surface area (Å²) in [5.74, 6) is -2.77. The van der Waals surface area contributed by atoms with Crippen LogP contribution >= 0.6 is 0 Å². The molecule has 1 unspecified atom stereocenters. The Morgan fingerprint density at radius 3 is 2.61 bits per heavy atom.